The summed E-state index contributed by atoms with van der Waals surface area (Å²) in [6.45, 7) is 0. The topological polar surface area (TPSA) is 60.7 Å². The molecule has 0 aliphatic carbocycles. The Morgan fingerprint density at radius 3 is 1.00 bits per heavy atom. The standard InChI is InChI=1S/BH3O3.Bi.Zn/c2-1(3)4;;/h2-4H;;. The zero-order valence-corrected chi connectivity index (χ0v) is 9.52. The van der Waals surface area contributed by atoms with Crippen molar-refractivity contribution in [3.63, 3.8) is 0 Å². The van der Waals surface area contributed by atoms with Crippen molar-refractivity contribution in [1.82, 2.24) is 0 Å². The SMILES string of the molecule is OB(O)O.[Bi].[Zn]. The Balaban J connectivity index is -0.0000000450. The van der Waals surface area contributed by atoms with Crippen LogP contribution in [-0.4, -0.2) is 48.6 Å². The zero-order valence-electron chi connectivity index (χ0n) is 3.07. The third-order valence-electron chi connectivity index (χ3n) is 0. The van der Waals surface area contributed by atoms with Crippen molar-refractivity contribution in [3.8, 4) is 0 Å². The minimum Gasteiger partial charge on any atom is -0.402 e. The van der Waals surface area contributed by atoms with E-state index in [1.54, 1.807) is 0 Å². The average molecular weight is 336 g/mol. The Morgan fingerprint density at radius 1 is 1.00 bits per heavy atom. The van der Waals surface area contributed by atoms with Gasteiger partial charge in [-0.1, -0.05) is 0 Å². The van der Waals surface area contributed by atoms with Gasteiger partial charge in [-0.25, -0.2) is 0 Å². The maximum absolute atomic E-state index is 7.17. The maximum Gasteiger partial charge on any atom is 0.631 e. The molecule has 0 spiro atoms. The second kappa shape index (κ2) is 9.68. The predicted octanol–water partition coefficient (Wildman–Crippen LogP) is -2.44. The Labute approximate surface area is 67.8 Å². The second-order valence-corrected chi connectivity index (χ2v) is 0.346. The molecule has 0 rings (SSSR count). The summed E-state index contributed by atoms with van der Waals surface area (Å²) in [5, 5.41) is 21.5. The van der Waals surface area contributed by atoms with Gasteiger partial charge in [-0.05, 0) is 0 Å². The molecule has 0 aliphatic heterocycles. The molecular formula is H3BBiO3Zn. The quantitative estimate of drug-likeness (QED) is 0.431. The first-order chi connectivity index (χ1) is 1.73. The van der Waals surface area contributed by atoms with E-state index < -0.39 is 7.32 Å². The van der Waals surface area contributed by atoms with Crippen LogP contribution in [0.2, 0.25) is 0 Å². The molecule has 0 saturated heterocycles. The fraction of sp³-hybridized carbons (Fsp3) is 0. The number of hydrogen-bond acceptors (Lipinski definition) is 3. The third-order valence-corrected chi connectivity index (χ3v) is 0. The smallest absolute Gasteiger partial charge is 0.402 e. The van der Waals surface area contributed by atoms with Gasteiger partial charge in [0.1, 0.15) is 0 Å². The van der Waals surface area contributed by atoms with Crippen LogP contribution in [0.15, 0.2) is 0 Å². The number of hydrogen-bond donors (Lipinski definition) is 3. The predicted molar refractivity (Wildman–Crippen MR) is 18.2 cm³/mol. The number of rotatable bonds is 0. The molecule has 0 atom stereocenters. The van der Waals surface area contributed by atoms with Crippen molar-refractivity contribution in [3.05, 3.63) is 0 Å². The van der Waals surface area contributed by atoms with E-state index in [0.717, 1.165) is 0 Å². The van der Waals surface area contributed by atoms with Crippen molar-refractivity contribution < 1.29 is 34.6 Å². The first-order valence-corrected chi connectivity index (χ1v) is 0.775. The molecular weight excluding hydrogens is 333 g/mol. The van der Waals surface area contributed by atoms with Gasteiger partial charge in [0.2, 0.25) is 0 Å². The largest absolute Gasteiger partial charge is 0.631 e. The summed E-state index contributed by atoms with van der Waals surface area (Å²) in [7, 11) is -2.17. The molecule has 0 aromatic carbocycles. The monoisotopic (exact) mass is 335 g/mol. The average Bonchev–Trinajstić information content (AvgIpc) is 0.811. The Hall–Kier alpha value is 1.45. The Morgan fingerprint density at radius 2 is 1.00 bits per heavy atom. The fourth-order valence-corrected chi connectivity index (χ4v) is 0. The molecule has 0 bridgehead atoms. The van der Waals surface area contributed by atoms with Crippen LogP contribution in [0.3, 0.4) is 0 Å². The molecule has 0 aromatic rings. The molecule has 6 heavy (non-hydrogen) atoms. The van der Waals surface area contributed by atoms with Gasteiger partial charge in [-0.15, -0.1) is 0 Å². The Kier molecular flexibility index (Phi) is 25.2. The van der Waals surface area contributed by atoms with Crippen molar-refractivity contribution in [2.75, 3.05) is 0 Å². The van der Waals surface area contributed by atoms with E-state index in [2.05, 4.69) is 0 Å². The van der Waals surface area contributed by atoms with Crippen LogP contribution >= 0.6 is 0 Å². The van der Waals surface area contributed by atoms with Crippen LogP contribution in [0.25, 0.3) is 0 Å². The molecule has 0 aliphatic rings. The van der Waals surface area contributed by atoms with Crippen LogP contribution in [0.5, 0.6) is 0 Å². The van der Waals surface area contributed by atoms with Gasteiger partial charge in [0.25, 0.3) is 0 Å². The van der Waals surface area contributed by atoms with E-state index in [-0.39, 0.29) is 45.7 Å². The first-order valence-electron chi connectivity index (χ1n) is 0.775. The minimum absolute atomic E-state index is 0. The first kappa shape index (κ1) is 15.7. The van der Waals surface area contributed by atoms with Crippen LogP contribution < -0.4 is 0 Å². The molecule has 3 nitrogen and oxygen atoms in total. The van der Waals surface area contributed by atoms with E-state index in [1.807, 2.05) is 0 Å². The van der Waals surface area contributed by atoms with Gasteiger partial charge in [0.15, 0.2) is 0 Å². The molecule has 3 N–H and O–H groups in total. The van der Waals surface area contributed by atoms with Crippen molar-refractivity contribution in [1.29, 1.82) is 0 Å². The second-order valence-electron chi connectivity index (χ2n) is 0.346. The van der Waals surface area contributed by atoms with E-state index in [9.17, 15) is 0 Å². The van der Waals surface area contributed by atoms with E-state index in [0.29, 0.717) is 0 Å². The third kappa shape index (κ3) is 51.3. The summed E-state index contributed by atoms with van der Waals surface area (Å²) in [5.41, 5.74) is 0. The zero-order chi connectivity index (χ0) is 3.58. The van der Waals surface area contributed by atoms with Crippen LogP contribution in [0.1, 0.15) is 0 Å². The maximum atomic E-state index is 7.17. The summed E-state index contributed by atoms with van der Waals surface area (Å²) >= 11 is 0. The molecule has 3 radical (unpaired) electrons. The molecule has 31 valence electrons. The van der Waals surface area contributed by atoms with Gasteiger partial charge < -0.3 is 15.1 Å². The summed E-state index contributed by atoms with van der Waals surface area (Å²) in [5.74, 6) is 0. The summed E-state index contributed by atoms with van der Waals surface area (Å²) in [4.78, 5) is 0. The Bertz CT molecular complexity index is 15.5. The van der Waals surface area contributed by atoms with Gasteiger partial charge >= 0.3 is 7.32 Å². The van der Waals surface area contributed by atoms with Gasteiger partial charge in [-0.2, -0.15) is 0 Å². The summed E-state index contributed by atoms with van der Waals surface area (Å²) < 4.78 is 0. The van der Waals surface area contributed by atoms with E-state index in [4.69, 9.17) is 15.1 Å². The summed E-state index contributed by atoms with van der Waals surface area (Å²) in [6.07, 6.45) is 0. The normalized spacial score (nSPS) is 4.50. The molecule has 0 unspecified atom stereocenters. The van der Waals surface area contributed by atoms with Gasteiger partial charge in [-0.3, -0.25) is 0 Å². The molecule has 0 saturated carbocycles. The van der Waals surface area contributed by atoms with E-state index >= 15 is 0 Å². The van der Waals surface area contributed by atoms with Crippen molar-refractivity contribution >= 4 is 33.5 Å². The molecule has 0 fully saturated rings. The van der Waals surface area contributed by atoms with Gasteiger partial charge in [0.05, 0.1) is 0 Å². The minimum atomic E-state index is -2.17. The van der Waals surface area contributed by atoms with Crippen molar-refractivity contribution in [2.24, 2.45) is 0 Å². The molecule has 6 heteroatoms. The van der Waals surface area contributed by atoms with Gasteiger partial charge in [0, 0.05) is 45.7 Å². The molecule has 0 amide bonds. The summed E-state index contributed by atoms with van der Waals surface area (Å²) in [6, 6.07) is 0. The molecule has 0 heterocycles. The van der Waals surface area contributed by atoms with Crippen LogP contribution in [0.4, 0.5) is 0 Å². The van der Waals surface area contributed by atoms with Crippen LogP contribution in [0, 0.1) is 0 Å². The van der Waals surface area contributed by atoms with E-state index in [1.165, 1.54) is 0 Å². The van der Waals surface area contributed by atoms with Crippen LogP contribution in [-0.2, 0) is 19.5 Å². The fourth-order valence-electron chi connectivity index (χ4n) is 0. The molecule has 0 aromatic heterocycles. The van der Waals surface area contributed by atoms with Crippen molar-refractivity contribution in [2.45, 2.75) is 0 Å².